The third-order valence-corrected chi connectivity index (χ3v) is 2.19. The molecular weight excluding hydrogens is 286 g/mol. The van der Waals surface area contributed by atoms with Crippen LogP contribution in [0.1, 0.15) is 22.5 Å². The van der Waals surface area contributed by atoms with Crippen LogP contribution in [-0.2, 0) is 0 Å². The maximum atomic E-state index is 13.2. The van der Waals surface area contributed by atoms with Crippen molar-refractivity contribution in [2.75, 3.05) is 0 Å². The molecule has 1 aromatic heterocycles. The Kier molecular flexibility index (Phi) is 3.49. The molecular formula is C7H2BrClF3NO. The van der Waals surface area contributed by atoms with Crippen molar-refractivity contribution in [1.82, 2.24) is 4.98 Å². The lowest BCUT2D eigenvalue weighted by Gasteiger charge is -2.05. The summed E-state index contributed by atoms with van der Waals surface area (Å²) >= 11 is 7.79. The van der Waals surface area contributed by atoms with Crippen LogP contribution in [0.3, 0.4) is 0 Å². The van der Waals surface area contributed by atoms with Crippen LogP contribution in [0.15, 0.2) is 10.7 Å². The van der Waals surface area contributed by atoms with E-state index in [-0.39, 0.29) is 4.47 Å². The standard InChI is InChI=1S/C7H2BrClF3NO/c8-2-1-13-5(7(11)12)4(10)3(2)6(9)14/h1,7H. The van der Waals surface area contributed by atoms with E-state index in [1.54, 1.807) is 0 Å². The smallest absolute Gasteiger partial charge is 0.275 e. The van der Waals surface area contributed by atoms with Crippen LogP contribution in [0, 0.1) is 5.82 Å². The molecule has 2 nitrogen and oxygen atoms in total. The first-order valence-corrected chi connectivity index (χ1v) is 4.44. The maximum absolute atomic E-state index is 13.2. The Labute approximate surface area is 90.2 Å². The number of aromatic nitrogens is 1. The van der Waals surface area contributed by atoms with Gasteiger partial charge in [0.2, 0.25) is 0 Å². The summed E-state index contributed by atoms with van der Waals surface area (Å²) in [4.78, 5) is 13.8. The van der Waals surface area contributed by atoms with Crippen molar-refractivity contribution in [1.29, 1.82) is 0 Å². The molecule has 1 aromatic rings. The molecule has 0 spiro atoms. The zero-order chi connectivity index (χ0) is 10.9. The molecule has 76 valence electrons. The van der Waals surface area contributed by atoms with E-state index in [4.69, 9.17) is 11.6 Å². The van der Waals surface area contributed by atoms with Crippen LogP contribution in [0.2, 0.25) is 0 Å². The van der Waals surface area contributed by atoms with Crippen molar-refractivity contribution >= 4 is 32.8 Å². The molecule has 0 aliphatic carbocycles. The maximum Gasteiger partial charge on any atom is 0.283 e. The number of carbonyl (C=O) groups is 1. The molecule has 14 heavy (non-hydrogen) atoms. The third kappa shape index (κ3) is 2.06. The molecule has 0 atom stereocenters. The summed E-state index contributed by atoms with van der Waals surface area (Å²) in [7, 11) is 0. The van der Waals surface area contributed by atoms with E-state index in [9.17, 15) is 18.0 Å². The molecule has 0 unspecified atom stereocenters. The summed E-state index contributed by atoms with van der Waals surface area (Å²) in [5.41, 5.74) is -1.71. The quantitative estimate of drug-likeness (QED) is 0.782. The van der Waals surface area contributed by atoms with Gasteiger partial charge in [-0.1, -0.05) is 0 Å². The fourth-order valence-electron chi connectivity index (χ4n) is 0.813. The van der Waals surface area contributed by atoms with Gasteiger partial charge in [-0.25, -0.2) is 13.2 Å². The number of nitrogens with zero attached hydrogens (tertiary/aromatic N) is 1. The second-order valence-corrected chi connectivity index (χ2v) is 3.45. The minimum absolute atomic E-state index is 0.0561. The largest absolute Gasteiger partial charge is 0.283 e. The monoisotopic (exact) mass is 287 g/mol. The Bertz CT molecular complexity index is 385. The summed E-state index contributed by atoms with van der Waals surface area (Å²) in [5.74, 6) is -1.39. The van der Waals surface area contributed by atoms with E-state index in [0.717, 1.165) is 6.20 Å². The summed E-state index contributed by atoms with van der Waals surface area (Å²) < 4.78 is 37.4. The highest BCUT2D eigenvalue weighted by Crippen LogP contribution is 2.27. The highest BCUT2D eigenvalue weighted by Gasteiger charge is 2.23. The van der Waals surface area contributed by atoms with Crippen LogP contribution < -0.4 is 0 Å². The molecule has 0 saturated carbocycles. The SMILES string of the molecule is O=C(Cl)c1c(Br)cnc(C(F)F)c1F. The number of carbonyl (C=O) groups excluding carboxylic acids is 1. The van der Waals surface area contributed by atoms with Crippen molar-refractivity contribution in [3.63, 3.8) is 0 Å². The first-order chi connectivity index (χ1) is 6.45. The lowest BCUT2D eigenvalue weighted by atomic mass is 10.2. The Morgan fingerprint density at radius 3 is 2.57 bits per heavy atom. The van der Waals surface area contributed by atoms with Gasteiger partial charge in [0.25, 0.3) is 11.7 Å². The second-order valence-electron chi connectivity index (χ2n) is 2.25. The summed E-state index contributed by atoms with van der Waals surface area (Å²) in [6, 6.07) is 0. The molecule has 1 rings (SSSR count). The van der Waals surface area contributed by atoms with E-state index in [2.05, 4.69) is 20.9 Å². The van der Waals surface area contributed by atoms with Crippen LogP contribution in [0.4, 0.5) is 13.2 Å². The second kappa shape index (κ2) is 4.27. The fourth-order valence-corrected chi connectivity index (χ4v) is 1.57. The summed E-state index contributed by atoms with van der Waals surface area (Å²) in [6.07, 6.45) is -2.18. The van der Waals surface area contributed by atoms with Gasteiger partial charge in [-0.05, 0) is 27.5 Å². The topological polar surface area (TPSA) is 30.0 Å². The number of hydrogen-bond donors (Lipinski definition) is 0. The van der Waals surface area contributed by atoms with E-state index >= 15 is 0 Å². The molecule has 0 aromatic carbocycles. The van der Waals surface area contributed by atoms with Crippen LogP contribution >= 0.6 is 27.5 Å². The summed E-state index contributed by atoms with van der Waals surface area (Å²) in [5, 5.41) is -1.15. The predicted molar refractivity (Wildman–Crippen MR) is 47.0 cm³/mol. The number of halogens is 5. The van der Waals surface area contributed by atoms with Crippen molar-refractivity contribution in [2.24, 2.45) is 0 Å². The third-order valence-electron chi connectivity index (χ3n) is 1.40. The van der Waals surface area contributed by atoms with E-state index in [1.807, 2.05) is 0 Å². The molecule has 0 saturated heterocycles. The average molecular weight is 288 g/mol. The lowest BCUT2D eigenvalue weighted by Crippen LogP contribution is -2.04. The number of pyridine rings is 1. The molecule has 0 bridgehead atoms. The Morgan fingerprint density at radius 1 is 1.57 bits per heavy atom. The van der Waals surface area contributed by atoms with Crippen molar-refractivity contribution in [3.8, 4) is 0 Å². The van der Waals surface area contributed by atoms with Gasteiger partial charge < -0.3 is 0 Å². The van der Waals surface area contributed by atoms with Gasteiger partial charge in [0.05, 0.1) is 10.0 Å². The minimum atomic E-state index is -3.09. The van der Waals surface area contributed by atoms with Crippen LogP contribution in [-0.4, -0.2) is 10.2 Å². The number of hydrogen-bond acceptors (Lipinski definition) is 2. The minimum Gasteiger partial charge on any atom is -0.275 e. The summed E-state index contributed by atoms with van der Waals surface area (Å²) in [6.45, 7) is 0. The van der Waals surface area contributed by atoms with Crippen LogP contribution in [0.5, 0.6) is 0 Å². The van der Waals surface area contributed by atoms with Gasteiger partial charge in [-0.15, -0.1) is 0 Å². The molecule has 0 amide bonds. The molecule has 0 fully saturated rings. The zero-order valence-electron chi connectivity index (χ0n) is 6.40. The van der Waals surface area contributed by atoms with E-state index in [0.29, 0.717) is 0 Å². The molecule has 1 heterocycles. The van der Waals surface area contributed by atoms with Gasteiger partial charge in [0.15, 0.2) is 5.82 Å². The Hall–Kier alpha value is -0.620. The van der Waals surface area contributed by atoms with Crippen molar-refractivity contribution in [3.05, 3.63) is 27.7 Å². The number of alkyl halides is 2. The molecule has 0 aliphatic rings. The zero-order valence-corrected chi connectivity index (χ0v) is 8.74. The average Bonchev–Trinajstić information content (AvgIpc) is 2.02. The highest BCUT2D eigenvalue weighted by atomic mass is 79.9. The van der Waals surface area contributed by atoms with E-state index in [1.165, 1.54) is 0 Å². The van der Waals surface area contributed by atoms with Crippen molar-refractivity contribution < 1.29 is 18.0 Å². The molecule has 0 radical (unpaired) electrons. The number of rotatable bonds is 2. The normalized spacial score (nSPS) is 10.7. The first-order valence-electron chi connectivity index (χ1n) is 3.27. The molecule has 0 aliphatic heterocycles. The molecule has 0 N–H and O–H groups in total. The van der Waals surface area contributed by atoms with Gasteiger partial charge in [-0.3, -0.25) is 9.78 Å². The van der Waals surface area contributed by atoms with Gasteiger partial charge >= 0.3 is 0 Å². The van der Waals surface area contributed by atoms with E-state index < -0.39 is 28.7 Å². The first kappa shape index (κ1) is 11.5. The molecule has 7 heteroatoms. The van der Waals surface area contributed by atoms with Gasteiger partial charge in [0, 0.05) is 6.20 Å². The van der Waals surface area contributed by atoms with Crippen molar-refractivity contribution in [2.45, 2.75) is 6.43 Å². The predicted octanol–water partition coefficient (Wildman–Crippen LogP) is 3.30. The highest BCUT2D eigenvalue weighted by molar-refractivity contribution is 9.10. The Balaban J connectivity index is 3.41. The van der Waals surface area contributed by atoms with Gasteiger partial charge in [0.1, 0.15) is 5.69 Å². The lowest BCUT2D eigenvalue weighted by molar-refractivity contribution is 0.107. The Morgan fingerprint density at radius 2 is 2.14 bits per heavy atom. The van der Waals surface area contributed by atoms with Gasteiger partial charge in [-0.2, -0.15) is 0 Å². The fraction of sp³-hybridized carbons (Fsp3) is 0.143. The van der Waals surface area contributed by atoms with Crippen LogP contribution in [0.25, 0.3) is 0 Å².